The summed E-state index contributed by atoms with van der Waals surface area (Å²) in [5.41, 5.74) is 33.1. The second kappa shape index (κ2) is 9.18. The SMILES string of the molecule is CCCCCC(C(=O)OC(N)C(N)N)C(N)C(N)N. The Morgan fingerprint density at radius 1 is 1.00 bits per heavy atom. The van der Waals surface area contributed by atoms with Crippen LogP contribution in [0.5, 0.6) is 0 Å². The van der Waals surface area contributed by atoms with E-state index in [1.807, 2.05) is 0 Å². The van der Waals surface area contributed by atoms with Crippen LogP contribution in [0.15, 0.2) is 0 Å². The quantitative estimate of drug-likeness (QED) is 0.156. The monoisotopic (exact) mass is 276 g/mol. The van der Waals surface area contributed by atoms with Gasteiger partial charge in [-0.05, 0) is 6.42 Å². The topological polar surface area (TPSA) is 182 Å². The average molecular weight is 276 g/mol. The van der Waals surface area contributed by atoms with Crippen LogP contribution < -0.4 is 34.4 Å². The van der Waals surface area contributed by atoms with Gasteiger partial charge in [-0.25, -0.2) is 0 Å². The van der Waals surface area contributed by atoms with E-state index in [2.05, 4.69) is 6.92 Å². The molecule has 0 heterocycles. The predicted octanol–water partition coefficient (Wildman–Crippen LogP) is -2.17. The molecule has 8 heteroatoms. The minimum absolute atomic E-state index is 0.547. The maximum absolute atomic E-state index is 12.0. The first kappa shape index (κ1) is 18.2. The number of carbonyl (C=O) groups is 1. The molecule has 0 aliphatic heterocycles. The normalized spacial score (nSPS) is 16.5. The molecule has 0 saturated carbocycles. The van der Waals surface area contributed by atoms with Crippen LogP contribution in [-0.2, 0) is 9.53 Å². The number of hydrogen-bond acceptors (Lipinski definition) is 8. The molecule has 8 nitrogen and oxygen atoms in total. The van der Waals surface area contributed by atoms with Crippen molar-refractivity contribution >= 4 is 5.97 Å². The van der Waals surface area contributed by atoms with Crippen molar-refractivity contribution in [1.29, 1.82) is 0 Å². The number of esters is 1. The fraction of sp³-hybridized carbons (Fsp3) is 0.909. The summed E-state index contributed by atoms with van der Waals surface area (Å²) < 4.78 is 4.97. The van der Waals surface area contributed by atoms with Crippen LogP contribution in [0.25, 0.3) is 0 Å². The van der Waals surface area contributed by atoms with E-state index in [1.54, 1.807) is 0 Å². The van der Waals surface area contributed by atoms with E-state index in [4.69, 9.17) is 39.1 Å². The number of nitrogens with two attached hydrogens (primary N) is 6. The van der Waals surface area contributed by atoms with E-state index in [0.717, 1.165) is 19.3 Å². The highest BCUT2D eigenvalue weighted by Crippen LogP contribution is 2.16. The second-order valence-electron chi connectivity index (χ2n) is 4.74. The van der Waals surface area contributed by atoms with Crippen molar-refractivity contribution in [2.24, 2.45) is 40.3 Å². The van der Waals surface area contributed by atoms with Gasteiger partial charge in [0.1, 0.15) is 6.17 Å². The maximum atomic E-state index is 12.0. The molecule has 114 valence electrons. The summed E-state index contributed by atoms with van der Waals surface area (Å²) >= 11 is 0. The number of rotatable bonds is 9. The highest BCUT2D eigenvalue weighted by Gasteiger charge is 2.31. The van der Waals surface area contributed by atoms with Gasteiger partial charge in [0, 0.05) is 6.04 Å². The second-order valence-corrected chi connectivity index (χ2v) is 4.74. The molecule has 0 aliphatic carbocycles. The first-order chi connectivity index (χ1) is 8.81. The molecular weight excluding hydrogens is 248 g/mol. The Balaban J connectivity index is 4.58. The van der Waals surface area contributed by atoms with Gasteiger partial charge in [-0.2, -0.15) is 0 Å². The van der Waals surface area contributed by atoms with E-state index >= 15 is 0 Å². The summed E-state index contributed by atoms with van der Waals surface area (Å²) in [6, 6.07) is -0.689. The van der Waals surface area contributed by atoms with E-state index in [0.29, 0.717) is 6.42 Å². The summed E-state index contributed by atoms with van der Waals surface area (Å²) in [5, 5.41) is 0. The molecule has 0 aromatic rings. The molecule has 0 aliphatic rings. The van der Waals surface area contributed by atoms with E-state index in [1.165, 1.54) is 0 Å². The molecule has 0 amide bonds. The van der Waals surface area contributed by atoms with Crippen LogP contribution in [0, 0.1) is 5.92 Å². The third-order valence-electron chi connectivity index (χ3n) is 2.96. The largest absolute Gasteiger partial charge is 0.443 e. The van der Waals surface area contributed by atoms with Crippen molar-refractivity contribution in [3.05, 3.63) is 0 Å². The summed E-state index contributed by atoms with van der Waals surface area (Å²) in [4.78, 5) is 12.0. The van der Waals surface area contributed by atoms with Gasteiger partial charge in [-0.15, -0.1) is 0 Å². The fourth-order valence-corrected chi connectivity index (χ4v) is 1.65. The molecule has 0 fully saturated rings. The van der Waals surface area contributed by atoms with Gasteiger partial charge in [0.25, 0.3) is 0 Å². The fourth-order valence-electron chi connectivity index (χ4n) is 1.65. The van der Waals surface area contributed by atoms with Crippen LogP contribution in [0.4, 0.5) is 0 Å². The number of ether oxygens (including phenoxy) is 1. The Morgan fingerprint density at radius 3 is 2.00 bits per heavy atom. The van der Waals surface area contributed by atoms with E-state index < -0.39 is 36.5 Å². The van der Waals surface area contributed by atoms with Gasteiger partial charge in [-0.3, -0.25) is 10.5 Å². The van der Waals surface area contributed by atoms with Crippen molar-refractivity contribution in [3.8, 4) is 0 Å². The Hall–Kier alpha value is -0.770. The Bertz CT molecular complexity index is 262. The van der Waals surface area contributed by atoms with Crippen LogP contribution in [0.3, 0.4) is 0 Å². The average Bonchev–Trinajstić information content (AvgIpc) is 2.33. The summed E-state index contributed by atoms with van der Waals surface area (Å²) in [6.45, 7) is 2.06. The molecule has 0 aromatic carbocycles. The van der Waals surface area contributed by atoms with E-state index in [-0.39, 0.29) is 0 Å². The first-order valence-electron chi connectivity index (χ1n) is 6.55. The van der Waals surface area contributed by atoms with Crippen LogP contribution in [-0.4, -0.2) is 30.6 Å². The highest BCUT2D eigenvalue weighted by atomic mass is 16.6. The molecule has 3 atom stereocenters. The van der Waals surface area contributed by atoms with Crippen molar-refractivity contribution in [2.75, 3.05) is 0 Å². The third-order valence-corrected chi connectivity index (χ3v) is 2.96. The number of carbonyl (C=O) groups excluding carboxylic acids is 1. The smallest absolute Gasteiger partial charge is 0.312 e. The third kappa shape index (κ3) is 6.81. The molecule has 0 spiro atoms. The maximum Gasteiger partial charge on any atom is 0.312 e. The van der Waals surface area contributed by atoms with Crippen molar-refractivity contribution < 1.29 is 9.53 Å². The predicted molar refractivity (Wildman–Crippen MR) is 74.0 cm³/mol. The highest BCUT2D eigenvalue weighted by molar-refractivity contribution is 5.73. The molecular formula is C11H28N6O2. The summed E-state index contributed by atoms with van der Waals surface area (Å²) in [7, 11) is 0. The molecule has 0 saturated heterocycles. The van der Waals surface area contributed by atoms with Crippen molar-refractivity contribution in [1.82, 2.24) is 0 Å². The van der Waals surface area contributed by atoms with Crippen LogP contribution >= 0.6 is 0 Å². The molecule has 19 heavy (non-hydrogen) atoms. The Morgan fingerprint density at radius 2 is 1.58 bits per heavy atom. The zero-order valence-corrected chi connectivity index (χ0v) is 11.5. The lowest BCUT2D eigenvalue weighted by molar-refractivity contribution is -0.156. The lowest BCUT2D eigenvalue weighted by atomic mass is 9.92. The van der Waals surface area contributed by atoms with Gasteiger partial charge in [0.2, 0.25) is 0 Å². The lowest BCUT2D eigenvalue weighted by Gasteiger charge is -2.27. The van der Waals surface area contributed by atoms with Gasteiger partial charge >= 0.3 is 5.97 Å². The number of hydrogen-bond donors (Lipinski definition) is 6. The van der Waals surface area contributed by atoms with Crippen LogP contribution in [0.2, 0.25) is 0 Å². The van der Waals surface area contributed by atoms with Gasteiger partial charge in [0.15, 0.2) is 6.23 Å². The molecule has 12 N–H and O–H groups in total. The Labute approximate surface area is 114 Å². The van der Waals surface area contributed by atoms with Crippen molar-refractivity contribution in [3.63, 3.8) is 0 Å². The van der Waals surface area contributed by atoms with Gasteiger partial charge in [0.05, 0.1) is 12.1 Å². The lowest BCUT2D eigenvalue weighted by Crippen LogP contribution is -2.56. The van der Waals surface area contributed by atoms with Gasteiger partial charge in [-0.1, -0.05) is 26.2 Å². The summed E-state index contributed by atoms with van der Waals surface area (Å²) in [5.74, 6) is -1.16. The molecule has 0 bridgehead atoms. The molecule has 3 unspecified atom stereocenters. The molecule has 0 rings (SSSR count). The van der Waals surface area contributed by atoms with E-state index in [9.17, 15) is 4.79 Å². The standard InChI is InChI=1S/C11H28N6O2/c1-2-3-4-5-6(7(12)8(13)14)11(18)19-10(17)9(15)16/h6-10H,2-5,12-17H2,1H3. The number of unbranched alkanes of at least 4 members (excludes halogenated alkanes) is 2. The zero-order valence-electron chi connectivity index (χ0n) is 11.5. The van der Waals surface area contributed by atoms with Gasteiger partial charge < -0.3 is 33.4 Å². The zero-order chi connectivity index (χ0) is 15.0. The minimum Gasteiger partial charge on any atom is -0.443 e. The van der Waals surface area contributed by atoms with Crippen molar-refractivity contribution in [2.45, 2.75) is 57.2 Å². The minimum atomic E-state index is -1.07. The Kier molecular flexibility index (Phi) is 8.81. The molecule has 0 radical (unpaired) electrons. The first-order valence-corrected chi connectivity index (χ1v) is 6.55. The summed E-state index contributed by atoms with van der Waals surface area (Å²) in [6.07, 6.45) is 0.580. The molecule has 0 aromatic heterocycles. The van der Waals surface area contributed by atoms with Crippen LogP contribution in [0.1, 0.15) is 32.6 Å².